The second-order valence-electron chi connectivity index (χ2n) is 2.83. The van der Waals surface area contributed by atoms with Gasteiger partial charge in [-0.05, 0) is 19.1 Å². The van der Waals surface area contributed by atoms with Crippen molar-refractivity contribution in [1.29, 1.82) is 0 Å². The van der Waals surface area contributed by atoms with Gasteiger partial charge >= 0.3 is 0 Å². The molecule has 5 nitrogen and oxygen atoms in total. The number of aromatic amines is 1. The van der Waals surface area contributed by atoms with E-state index >= 15 is 0 Å². The number of hydrogen-bond acceptors (Lipinski definition) is 5. The Hall–Kier alpha value is -1.69. The van der Waals surface area contributed by atoms with E-state index in [0.717, 1.165) is 5.69 Å². The Morgan fingerprint density at radius 2 is 2.21 bits per heavy atom. The fourth-order valence-electron chi connectivity index (χ4n) is 1.08. The normalized spacial score (nSPS) is 10.4. The first kappa shape index (κ1) is 8.89. The maximum absolute atomic E-state index is 11.5. The first-order chi connectivity index (χ1) is 6.66. The van der Waals surface area contributed by atoms with E-state index in [1.54, 1.807) is 6.07 Å². The molecule has 72 valence electrons. The molecule has 0 aliphatic rings. The van der Waals surface area contributed by atoms with Gasteiger partial charge < -0.3 is 10.7 Å². The zero-order valence-corrected chi connectivity index (χ0v) is 8.26. The van der Waals surface area contributed by atoms with Crippen LogP contribution in [0.25, 0.3) is 10.6 Å². The quantitative estimate of drug-likeness (QED) is 0.725. The molecule has 14 heavy (non-hydrogen) atoms. The lowest BCUT2D eigenvalue weighted by Gasteiger charge is -1.94. The Kier molecular flexibility index (Phi) is 2.05. The van der Waals surface area contributed by atoms with E-state index in [0.29, 0.717) is 15.7 Å². The third-order valence-electron chi connectivity index (χ3n) is 1.73. The number of nitrogen functional groups attached to an aromatic ring is 1. The standard InChI is InChI=1S/C8H8N4OS/c1-4-2-3-5(6(13)10-4)7-11-12-8(9)14-7/h2-3H,1H3,(H2,9,12)(H,10,13). The topological polar surface area (TPSA) is 84.7 Å². The Morgan fingerprint density at radius 1 is 1.43 bits per heavy atom. The molecule has 0 radical (unpaired) electrons. The summed E-state index contributed by atoms with van der Waals surface area (Å²) in [6, 6.07) is 3.53. The van der Waals surface area contributed by atoms with Crippen LogP contribution >= 0.6 is 11.3 Å². The van der Waals surface area contributed by atoms with Crippen LogP contribution in [0.3, 0.4) is 0 Å². The summed E-state index contributed by atoms with van der Waals surface area (Å²) in [6.07, 6.45) is 0. The number of aromatic nitrogens is 3. The summed E-state index contributed by atoms with van der Waals surface area (Å²) in [5.41, 5.74) is 6.58. The lowest BCUT2D eigenvalue weighted by Crippen LogP contribution is -2.09. The predicted octanol–water partition coefficient (Wildman–Crippen LogP) is 0.784. The van der Waals surface area contributed by atoms with E-state index in [1.165, 1.54) is 11.3 Å². The van der Waals surface area contributed by atoms with Gasteiger partial charge in [-0.3, -0.25) is 4.79 Å². The summed E-state index contributed by atoms with van der Waals surface area (Å²) in [4.78, 5) is 14.2. The lowest BCUT2D eigenvalue weighted by molar-refractivity contribution is 1.09. The Balaban J connectivity index is 2.57. The van der Waals surface area contributed by atoms with Gasteiger partial charge in [-0.1, -0.05) is 11.3 Å². The molecule has 0 unspecified atom stereocenters. The summed E-state index contributed by atoms with van der Waals surface area (Å²) in [5.74, 6) is 0. The molecule has 2 aromatic heterocycles. The molecular weight excluding hydrogens is 200 g/mol. The van der Waals surface area contributed by atoms with E-state index in [-0.39, 0.29) is 5.56 Å². The molecule has 0 spiro atoms. The van der Waals surface area contributed by atoms with Gasteiger partial charge in [-0.2, -0.15) is 0 Å². The number of nitrogens with one attached hydrogen (secondary N) is 1. The monoisotopic (exact) mass is 208 g/mol. The van der Waals surface area contributed by atoms with Crippen molar-refractivity contribution in [3.63, 3.8) is 0 Å². The average molecular weight is 208 g/mol. The molecule has 0 aromatic carbocycles. The van der Waals surface area contributed by atoms with Gasteiger partial charge in [-0.25, -0.2) is 0 Å². The second kappa shape index (κ2) is 3.22. The zero-order valence-electron chi connectivity index (χ0n) is 7.44. The van der Waals surface area contributed by atoms with Crippen LogP contribution in [0, 0.1) is 6.92 Å². The minimum absolute atomic E-state index is 0.166. The van der Waals surface area contributed by atoms with E-state index in [1.807, 2.05) is 13.0 Å². The van der Waals surface area contributed by atoms with Crippen molar-refractivity contribution in [1.82, 2.24) is 15.2 Å². The molecule has 2 rings (SSSR count). The molecule has 6 heteroatoms. The van der Waals surface area contributed by atoms with Gasteiger partial charge in [0.1, 0.15) is 0 Å². The number of nitrogens with two attached hydrogens (primary N) is 1. The van der Waals surface area contributed by atoms with Gasteiger partial charge in [0, 0.05) is 5.69 Å². The highest BCUT2D eigenvalue weighted by Gasteiger charge is 2.08. The molecule has 0 aliphatic carbocycles. The summed E-state index contributed by atoms with van der Waals surface area (Å²) in [6.45, 7) is 1.82. The molecule has 2 aromatic rings. The molecule has 0 amide bonds. The number of rotatable bonds is 1. The average Bonchev–Trinajstić information content (AvgIpc) is 2.51. The molecule has 3 N–H and O–H groups in total. The number of aryl methyl sites for hydroxylation is 1. The SMILES string of the molecule is Cc1ccc(-c2nnc(N)s2)c(=O)[nH]1. The minimum atomic E-state index is -0.166. The molecule has 0 saturated carbocycles. The highest BCUT2D eigenvalue weighted by Crippen LogP contribution is 2.20. The number of pyridine rings is 1. The van der Waals surface area contributed by atoms with Gasteiger partial charge in [0.2, 0.25) is 5.13 Å². The van der Waals surface area contributed by atoms with Crippen molar-refractivity contribution in [2.45, 2.75) is 6.92 Å². The molecule has 0 fully saturated rings. The third-order valence-corrected chi connectivity index (χ3v) is 2.51. The first-order valence-corrected chi connectivity index (χ1v) is 4.78. The van der Waals surface area contributed by atoms with Crippen LogP contribution in [0.15, 0.2) is 16.9 Å². The molecule has 0 aliphatic heterocycles. The van der Waals surface area contributed by atoms with Crippen molar-refractivity contribution in [3.8, 4) is 10.6 Å². The number of H-pyrrole nitrogens is 1. The highest BCUT2D eigenvalue weighted by molar-refractivity contribution is 7.18. The minimum Gasteiger partial charge on any atom is -0.374 e. The molecule has 0 saturated heterocycles. The van der Waals surface area contributed by atoms with Crippen LogP contribution in [0.5, 0.6) is 0 Å². The maximum Gasteiger partial charge on any atom is 0.258 e. The van der Waals surface area contributed by atoms with Gasteiger partial charge in [0.05, 0.1) is 5.56 Å². The molecular formula is C8H8N4OS. The van der Waals surface area contributed by atoms with E-state index in [9.17, 15) is 4.79 Å². The van der Waals surface area contributed by atoms with Crippen LogP contribution in [0.1, 0.15) is 5.69 Å². The Morgan fingerprint density at radius 3 is 2.79 bits per heavy atom. The first-order valence-electron chi connectivity index (χ1n) is 3.96. The van der Waals surface area contributed by atoms with Gasteiger partial charge in [0.25, 0.3) is 5.56 Å². The molecule has 0 atom stereocenters. The molecule has 2 heterocycles. The summed E-state index contributed by atoms with van der Waals surface area (Å²) < 4.78 is 0. The third kappa shape index (κ3) is 1.51. The Bertz CT molecular complexity index is 516. The summed E-state index contributed by atoms with van der Waals surface area (Å²) >= 11 is 1.20. The Labute approximate surface area is 83.6 Å². The number of anilines is 1. The van der Waals surface area contributed by atoms with Crippen LogP contribution in [-0.4, -0.2) is 15.2 Å². The predicted molar refractivity (Wildman–Crippen MR) is 55.1 cm³/mol. The van der Waals surface area contributed by atoms with Crippen molar-refractivity contribution in [2.75, 3.05) is 5.73 Å². The second-order valence-corrected chi connectivity index (χ2v) is 3.84. The van der Waals surface area contributed by atoms with Crippen LogP contribution in [-0.2, 0) is 0 Å². The fourth-order valence-corrected chi connectivity index (χ4v) is 1.72. The van der Waals surface area contributed by atoms with Crippen molar-refractivity contribution >= 4 is 16.5 Å². The van der Waals surface area contributed by atoms with Gasteiger partial charge in [0.15, 0.2) is 5.01 Å². The van der Waals surface area contributed by atoms with E-state index in [2.05, 4.69) is 15.2 Å². The van der Waals surface area contributed by atoms with Crippen LogP contribution in [0.2, 0.25) is 0 Å². The lowest BCUT2D eigenvalue weighted by atomic mass is 10.2. The van der Waals surface area contributed by atoms with Gasteiger partial charge in [-0.15, -0.1) is 10.2 Å². The van der Waals surface area contributed by atoms with E-state index in [4.69, 9.17) is 5.73 Å². The number of nitrogens with zero attached hydrogens (tertiary/aromatic N) is 2. The maximum atomic E-state index is 11.5. The zero-order chi connectivity index (χ0) is 10.1. The van der Waals surface area contributed by atoms with E-state index < -0.39 is 0 Å². The highest BCUT2D eigenvalue weighted by atomic mass is 32.1. The molecule has 0 bridgehead atoms. The summed E-state index contributed by atoms with van der Waals surface area (Å²) in [7, 11) is 0. The number of hydrogen-bond donors (Lipinski definition) is 2. The van der Waals surface area contributed by atoms with Crippen LogP contribution < -0.4 is 11.3 Å². The van der Waals surface area contributed by atoms with Crippen molar-refractivity contribution in [2.24, 2.45) is 0 Å². The fraction of sp³-hybridized carbons (Fsp3) is 0.125. The smallest absolute Gasteiger partial charge is 0.258 e. The van der Waals surface area contributed by atoms with Crippen molar-refractivity contribution < 1.29 is 0 Å². The largest absolute Gasteiger partial charge is 0.374 e. The van der Waals surface area contributed by atoms with Crippen molar-refractivity contribution in [3.05, 3.63) is 28.2 Å². The van der Waals surface area contributed by atoms with Crippen LogP contribution in [0.4, 0.5) is 5.13 Å². The summed E-state index contributed by atoms with van der Waals surface area (Å²) in [5, 5.41) is 8.36.